The molecule has 0 saturated carbocycles. The molecule has 3 aromatic rings. The van der Waals surface area contributed by atoms with Crippen molar-refractivity contribution in [3.8, 4) is 5.75 Å². The average Bonchev–Trinajstić information content (AvgIpc) is 2.82. The minimum atomic E-state index is -2.71. The zero-order valence-corrected chi connectivity index (χ0v) is 23.2. The van der Waals surface area contributed by atoms with Gasteiger partial charge in [0.25, 0.3) is 0 Å². The maximum Gasteiger partial charge on any atom is 0.178 e. The summed E-state index contributed by atoms with van der Waals surface area (Å²) in [5, 5.41) is 3.62. The van der Waals surface area contributed by atoms with Crippen LogP contribution in [-0.4, -0.2) is 17.9 Å². The third-order valence-electron chi connectivity index (χ3n) is 6.36. The molecular weight excluding hydrogens is 452 g/mol. The maximum atomic E-state index is 13.7. The van der Waals surface area contributed by atoms with Gasteiger partial charge in [0.1, 0.15) is 5.69 Å². The van der Waals surface area contributed by atoms with Gasteiger partial charge in [-0.15, -0.1) is 4.36 Å². The van der Waals surface area contributed by atoms with E-state index < -0.39 is 10.1 Å². The molecule has 3 rings (SSSR count). The van der Waals surface area contributed by atoms with Crippen molar-refractivity contribution in [2.75, 3.05) is 18.7 Å². The molecule has 3 aromatic carbocycles. The topological polar surface area (TPSA) is 56.7 Å². The van der Waals surface area contributed by atoms with Gasteiger partial charge in [0.2, 0.25) is 0 Å². The lowest BCUT2D eigenvalue weighted by molar-refractivity contribution is 0.402. The van der Waals surface area contributed by atoms with Crippen LogP contribution in [0.3, 0.4) is 0 Å². The molecule has 0 aromatic heterocycles. The van der Waals surface area contributed by atoms with Crippen molar-refractivity contribution in [1.82, 2.24) is 0 Å². The Kier molecular flexibility index (Phi) is 8.79. The van der Waals surface area contributed by atoms with Gasteiger partial charge in [-0.25, -0.2) is 0 Å². The monoisotopic (exact) mass is 492 g/mol. The van der Waals surface area contributed by atoms with Crippen LogP contribution < -0.4 is 10.1 Å². The molecule has 35 heavy (non-hydrogen) atoms. The fraction of sp³-hybridized carbons (Fsp3) is 0.400. The summed E-state index contributed by atoms with van der Waals surface area (Å²) in [5.41, 5.74) is 7.05. The molecule has 5 heteroatoms. The van der Waals surface area contributed by atoms with Gasteiger partial charge >= 0.3 is 0 Å². The molecule has 0 bridgehead atoms. The third kappa shape index (κ3) is 6.33. The van der Waals surface area contributed by atoms with Crippen LogP contribution in [0, 0.1) is 0 Å². The van der Waals surface area contributed by atoms with Crippen LogP contribution in [0.1, 0.15) is 81.5 Å². The Morgan fingerprint density at radius 2 is 1.43 bits per heavy atom. The summed E-state index contributed by atoms with van der Waals surface area (Å²) in [4.78, 5) is 0.603. The Balaban J connectivity index is 2.02. The molecule has 0 aliphatic carbocycles. The number of para-hydroxylation sites is 2. The van der Waals surface area contributed by atoms with Gasteiger partial charge in [0, 0.05) is 6.54 Å². The summed E-state index contributed by atoms with van der Waals surface area (Å²) in [7, 11) is -1.12. The second-order valence-corrected chi connectivity index (χ2v) is 12.3. The van der Waals surface area contributed by atoms with E-state index in [2.05, 4.69) is 59.0 Å². The second-order valence-electron chi connectivity index (χ2n) is 10.1. The van der Waals surface area contributed by atoms with E-state index in [-0.39, 0.29) is 0 Å². The summed E-state index contributed by atoms with van der Waals surface area (Å²) >= 11 is 0. The number of hydrogen-bond acceptors (Lipinski definition) is 4. The normalized spacial score (nSPS) is 13.3. The van der Waals surface area contributed by atoms with Crippen LogP contribution in [0.15, 0.2) is 69.9 Å². The zero-order valence-electron chi connectivity index (χ0n) is 22.4. The van der Waals surface area contributed by atoms with E-state index in [1.54, 1.807) is 13.4 Å². The number of ether oxygens (including phenoxy) is 1. The number of benzene rings is 3. The Labute approximate surface area is 213 Å². The molecule has 1 atom stereocenters. The minimum Gasteiger partial charge on any atom is -0.626 e. The zero-order chi connectivity index (χ0) is 25.8. The first-order chi connectivity index (χ1) is 16.5. The van der Waals surface area contributed by atoms with Crippen molar-refractivity contribution < 1.29 is 9.29 Å². The maximum absolute atomic E-state index is 13.7. The third-order valence-corrected chi connectivity index (χ3v) is 8.06. The van der Waals surface area contributed by atoms with Crippen molar-refractivity contribution in [2.45, 2.75) is 70.7 Å². The SMILES string of the molecule is COc1ccccc1[S+](C)([O-])=Nc1ccccc1NCc1c(C(C)C)cc(C(C)C)cc1C(C)C. The van der Waals surface area contributed by atoms with Crippen LogP contribution in [0.2, 0.25) is 0 Å². The van der Waals surface area contributed by atoms with E-state index >= 15 is 0 Å². The van der Waals surface area contributed by atoms with Crippen molar-refractivity contribution >= 4 is 21.5 Å². The van der Waals surface area contributed by atoms with Gasteiger partial charge in [0.05, 0.1) is 19.1 Å². The van der Waals surface area contributed by atoms with Crippen molar-refractivity contribution in [3.05, 3.63) is 82.9 Å². The van der Waals surface area contributed by atoms with Crippen LogP contribution >= 0.6 is 0 Å². The largest absolute Gasteiger partial charge is 0.626 e. The number of anilines is 1. The first kappa shape index (κ1) is 27.0. The molecule has 0 spiro atoms. The minimum absolute atomic E-state index is 0.419. The predicted octanol–water partition coefficient (Wildman–Crippen LogP) is 8.47. The lowest BCUT2D eigenvalue weighted by atomic mass is 9.84. The van der Waals surface area contributed by atoms with Crippen LogP contribution in [0.5, 0.6) is 5.75 Å². The molecule has 0 amide bonds. The smallest absolute Gasteiger partial charge is 0.178 e. The van der Waals surface area contributed by atoms with E-state index in [9.17, 15) is 4.55 Å². The van der Waals surface area contributed by atoms with Crippen LogP contribution in [0.25, 0.3) is 0 Å². The number of nitrogens with zero attached hydrogens (tertiary/aromatic N) is 1. The molecule has 1 unspecified atom stereocenters. The van der Waals surface area contributed by atoms with Gasteiger partial charge in [-0.1, -0.05) is 77.9 Å². The van der Waals surface area contributed by atoms with Crippen molar-refractivity contribution in [3.63, 3.8) is 0 Å². The Hall–Kier alpha value is -2.63. The first-order valence-electron chi connectivity index (χ1n) is 12.4. The molecular formula is C30H40N2O2S. The highest BCUT2D eigenvalue weighted by molar-refractivity contribution is 7.99. The summed E-state index contributed by atoms with van der Waals surface area (Å²) in [6, 6.07) is 19.9. The van der Waals surface area contributed by atoms with Gasteiger partial charge in [-0.3, -0.25) is 0 Å². The molecule has 188 valence electrons. The van der Waals surface area contributed by atoms with E-state index in [1.165, 1.54) is 22.3 Å². The van der Waals surface area contributed by atoms with E-state index in [0.29, 0.717) is 40.6 Å². The Morgan fingerprint density at radius 1 is 0.857 bits per heavy atom. The average molecular weight is 493 g/mol. The molecule has 0 aliphatic heterocycles. The lowest BCUT2D eigenvalue weighted by Crippen LogP contribution is -2.12. The number of nitrogens with one attached hydrogen (secondary N) is 1. The number of rotatable bonds is 9. The lowest BCUT2D eigenvalue weighted by Gasteiger charge is -2.24. The summed E-state index contributed by atoms with van der Waals surface area (Å²) in [6.07, 6.45) is 1.67. The Morgan fingerprint density at radius 3 is 2.00 bits per heavy atom. The summed E-state index contributed by atoms with van der Waals surface area (Å²) < 4.78 is 23.8. The highest BCUT2D eigenvalue weighted by Gasteiger charge is 2.20. The van der Waals surface area contributed by atoms with E-state index in [1.807, 2.05) is 48.5 Å². The number of methoxy groups -OCH3 is 1. The first-order valence-corrected chi connectivity index (χ1v) is 14.3. The fourth-order valence-electron chi connectivity index (χ4n) is 4.36. The summed E-state index contributed by atoms with van der Waals surface area (Å²) in [5.74, 6) is 1.91. The van der Waals surface area contributed by atoms with Gasteiger partial charge in [-0.2, -0.15) is 0 Å². The molecule has 0 saturated heterocycles. The molecule has 0 fully saturated rings. The molecule has 1 N–H and O–H groups in total. The quantitative estimate of drug-likeness (QED) is 0.305. The van der Waals surface area contributed by atoms with Crippen molar-refractivity contribution in [1.29, 1.82) is 0 Å². The van der Waals surface area contributed by atoms with Gasteiger partial charge < -0.3 is 14.6 Å². The molecule has 0 aliphatic rings. The standard InChI is InChI=1S/C30H40N2O2S/c1-20(2)23-17-24(21(3)4)26(25(18-23)22(5)6)19-31-27-13-9-10-14-28(27)32-35(8,33)30-16-12-11-15-29(30)34-7/h9-18,20-22,31H,19H2,1-8H3. The second kappa shape index (κ2) is 11.4. The molecule has 0 heterocycles. The predicted molar refractivity (Wildman–Crippen MR) is 150 cm³/mol. The van der Waals surface area contributed by atoms with Gasteiger partial charge in [-0.05, 0) is 74.4 Å². The summed E-state index contributed by atoms with van der Waals surface area (Å²) in [6.45, 7) is 14.2. The van der Waals surface area contributed by atoms with E-state index in [0.717, 1.165) is 5.69 Å². The van der Waals surface area contributed by atoms with Gasteiger partial charge in [0.15, 0.2) is 10.6 Å². The van der Waals surface area contributed by atoms with Crippen LogP contribution in [-0.2, 0) is 16.7 Å². The highest BCUT2D eigenvalue weighted by atomic mass is 32.3. The Bertz CT molecular complexity index is 1180. The molecule has 0 radical (unpaired) electrons. The number of hydrogen-bond donors (Lipinski definition) is 1. The highest BCUT2D eigenvalue weighted by Crippen LogP contribution is 2.36. The van der Waals surface area contributed by atoms with E-state index in [4.69, 9.17) is 9.10 Å². The molecule has 4 nitrogen and oxygen atoms in total. The van der Waals surface area contributed by atoms with Crippen LogP contribution in [0.4, 0.5) is 11.4 Å². The van der Waals surface area contributed by atoms with Crippen molar-refractivity contribution in [2.24, 2.45) is 4.36 Å². The fourth-order valence-corrected chi connectivity index (χ4v) is 5.85.